The number of carbonyl (C=O) groups excluding carboxylic acids is 3. The topological polar surface area (TPSA) is 74.7 Å². The lowest BCUT2D eigenvalue weighted by molar-refractivity contribution is -0.147. The zero-order chi connectivity index (χ0) is 19.4. The van der Waals surface area contributed by atoms with Crippen molar-refractivity contribution >= 4 is 17.7 Å². The van der Waals surface area contributed by atoms with Gasteiger partial charge in [0.05, 0.1) is 0 Å². The van der Waals surface area contributed by atoms with E-state index in [-0.39, 0.29) is 11.9 Å². The van der Waals surface area contributed by atoms with Crippen LogP contribution < -0.4 is 5.32 Å². The summed E-state index contributed by atoms with van der Waals surface area (Å²) in [6.07, 6.45) is 3.89. The first-order chi connectivity index (χ1) is 13.0. The van der Waals surface area contributed by atoms with E-state index in [1.54, 1.807) is 4.90 Å². The maximum atomic E-state index is 12.7. The molecular weight excluding hydrogens is 344 g/mol. The van der Waals surface area contributed by atoms with Gasteiger partial charge in [-0.1, -0.05) is 0 Å². The number of nitrogens with zero attached hydrogens (tertiary/aromatic N) is 3. The van der Waals surface area contributed by atoms with E-state index in [2.05, 4.69) is 5.32 Å². The number of amides is 3. The van der Waals surface area contributed by atoms with Gasteiger partial charge in [0.15, 0.2) is 0 Å². The van der Waals surface area contributed by atoms with Crippen molar-refractivity contribution in [3.8, 4) is 5.69 Å². The van der Waals surface area contributed by atoms with Crippen LogP contribution in [0.5, 0.6) is 0 Å². The number of rotatable bonds is 3. The summed E-state index contributed by atoms with van der Waals surface area (Å²) in [6.45, 7) is 5.17. The Kier molecular flexibility index (Phi) is 5.59. The first-order valence-corrected chi connectivity index (χ1v) is 9.08. The molecule has 27 heavy (non-hydrogen) atoms. The Balaban J connectivity index is 1.57. The van der Waals surface area contributed by atoms with E-state index in [1.807, 2.05) is 67.2 Å². The van der Waals surface area contributed by atoms with E-state index < -0.39 is 11.8 Å². The molecule has 3 rings (SSSR count). The quantitative estimate of drug-likeness (QED) is 0.830. The van der Waals surface area contributed by atoms with E-state index in [4.69, 9.17) is 0 Å². The molecule has 2 aromatic rings. The minimum atomic E-state index is -0.592. The van der Waals surface area contributed by atoms with Crippen LogP contribution in [0.1, 0.15) is 24.2 Å². The molecule has 0 atom stereocenters. The lowest BCUT2D eigenvalue weighted by Gasteiger charge is -2.34. The molecule has 0 radical (unpaired) electrons. The minimum absolute atomic E-state index is 0.0622. The van der Waals surface area contributed by atoms with Crippen LogP contribution in [0.15, 0.2) is 48.8 Å². The molecule has 1 aromatic heterocycles. The second kappa shape index (κ2) is 8.07. The second-order valence-corrected chi connectivity index (χ2v) is 6.85. The molecule has 0 saturated carbocycles. The van der Waals surface area contributed by atoms with Crippen molar-refractivity contribution in [2.45, 2.75) is 19.9 Å². The fourth-order valence-electron chi connectivity index (χ4n) is 3.05. The molecule has 3 amide bonds. The Hall–Kier alpha value is -3.09. The largest absolute Gasteiger partial charge is 0.346 e. The van der Waals surface area contributed by atoms with E-state index in [9.17, 15) is 14.4 Å². The van der Waals surface area contributed by atoms with Crippen LogP contribution in [0.4, 0.5) is 0 Å². The number of hydrogen-bond donors (Lipinski definition) is 1. The summed E-state index contributed by atoms with van der Waals surface area (Å²) in [5.41, 5.74) is 1.60. The van der Waals surface area contributed by atoms with Gasteiger partial charge in [-0.3, -0.25) is 14.4 Å². The molecule has 1 saturated heterocycles. The van der Waals surface area contributed by atoms with E-state index in [1.165, 1.54) is 4.90 Å². The monoisotopic (exact) mass is 368 g/mol. The third kappa shape index (κ3) is 4.36. The molecule has 1 aromatic carbocycles. The first kappa shape index (κ1) is 18.7. The fraction of sp³-hybridized carbons (Fsp3) is 0.350. The average molecular weight is 368 g/mol. The summed E-state index contributed by atoms with van der Waals surface area (Å²) in [4.78, 5) is 39.9. The predicted octanol–water partition coefficient (Wildman–Crippen LogP) is 1.29. The zero-order valence-corrected chi connectivity index (χ0v) is 15.6. The molecule has 1 N–H and O–H groups in total. The first-order valence-electron chi connectivity index (χ1n) is 9.08. The van der Waals surface area contributed by atoms with Crippen molar-refractivity contribution in [1.82, 2.24) is 19.7 Å². The van der Waals surface area contributed by atoms with Gasteiger partial charge in [-0.05, 0) is 50.2 Å². The number of piperazine rings is 1. The molecule has 1 aliphatic rings. The molecule has 0 bridgehead atoms. The van der Waals surface area contributed by atoms with Gasteiger partial charge in [0, 0.05) is 55.9 Å². The Bertz CT molecular complexity index is 804. The van der Waals surface area contributed by atoms with E-state index in [0.717, 1.165) is 5.69 Å². The number of carbonyl (C=O) groups is 3. The van der Waals surface area contributed by atoms with Gasteiger partial charge in [-0.15, -0.1) is 0 Å². The van der Waals surface area contributed by atoms with Crippen LogP contribution in [0.3, 0.4) is 0 Å². The van der Waals surface area contributed by atoms with Crippen LogP contribution >= 0.6 is 0 Å². The summed E-state index contributed by atoms with van der Waals surface area (Å²) >= 11 is 0. The third-order valence-corrected chi connectivity index (χ3v) is 4.48. The van der Waals surface area contributed by atoms with Crippen LogP contribution in [-0.2, 0) is 9.59 Å². The average Bonchev–Trinajstić information content (AvgIpc) is 3.21. The zero-order valence-electron chi connectivity index (χ0n) is 15.6. The van der Waals surface area contributed by atoms with Crippen LogP contribution in [-0.4, -0.2) is 64.3 Å². The van der Waals surface area contributed by atoms with E-state index >= 15 is 0 Å². The lowest BCUT2D eigenvalue weighted by atomic mass is 10.1. The van der Waals surface area contributed by atoms with Gasteiger partial charge >= 0.3 is 11.8 Å². The van der Waals surface area contributed by atoms with Gasteiger partial charge in [-0.25, -0.2) is 0 Å². The number of hydrogen-bond acceptors (Lipinski definition) is 3. The molecule has 0 spiro atoms. The standard InChI is InChI=1S/C20H24N4O3/c1-15(2)21-18(25)20(27)24-13-11-23(12-14-24)19(26)16-5-7-17(8-6-16)22-9-3-4-10-22/h3-10,15H,11-14H2,1-2H3,(H,21,25). The minimum Gasteiger partial charge on any atom is -0.346 e. The summed E-state index contributed by atoms with van der Waals surface area (Å²) in [5.74, 6) is -1.19. The summed E-state index contributed by atoms with van der Waals surface area (Å²) < 4.78 is 1.97. The smallest absolute Gasteiger partial charge is 0.312 e. The van der Waals surface area contributed by atoms with Crippen molar-refractivity contribution in [3.05, 3.63) is 54.4 Å². The van der Waals surface area contributed by atoms with Gasteiger partial charge in [0.25, 0.3) is 5.91 Å². The number of nitrogens with one attached hydrogen (secondary N) is 1. The molecule has 7 nitrogen and oxygen atoms in total. The van der Waals surface area contributed by atoms with Crippen molar-refractivity contribution in [2.24, 2.45) is 0 Å². The Morgan fingerprint density at radius 3 is 2.00 bits per heavy atom. The van der Waals surface area contributed by atoms with Crippen LogP contribution in [0.2, 0.25) is 0 Å². The predicted molar refractivity (Wildman–Crippen MR) is 102 cm³/mol. The van der Waals surface area contributed by atoms with Gasteiger partial charge in [0.1, 0.15) is 0 Å². The van der Waals surface area contributed by atoms with Crippen molar-refractivity contribution in [2.75, 3.05) is 26.2 Å². The van der Waals surface area contributed by atoms with Gasteiger partial charge in [0.2, 0.25) is 0 Å². The third-order valence-electron chi connectivity index (χ3n) is 4.48. The van der Waals surface area contributed by atoms with Crippen molar-refractivity contribution < 1.29 is 14.4 Å². The van der Waals surface area contributed by atoms with Crippen molar-refractivity contribution in [1.29, 1.82) is 0 Å². The molecule has 2 heterocycles. The number of aromatic nitrogens is 1. The SMILES string of the molecule is CC(C)NC(=O)C(=O)N1CCN(C(=O)c2ccc(-n3cccc3)cc2)CC1. The highest BCUT2D eigenvalue weighted by Gasteiger charge is 2.28. The molecule has 0 unspecified atom stereocenters. The van der Waals surface area contributed by atoms with Crippen LogP contribution in [0.25, 0.3) is 5.69 Å². The highest BCUT2D eigenvalue weighted by atomic mass is 16.2. The van der Waals surface area contributed by atoms with Crippen LogP contribution in [0, 0.1) is 0 Å². The molecule has 142 valence electrons. The molecule has 0 aliphatic carbocycles. The van der Waals surface area contributed by atoms with Gasteiger partial charge < -0.3 is 19.7 Å². The normalized spacial score (nSPS) is 14.3. The van der Waals surface area contributed by atoms with E-state index in [0.29, 0.717) is 31.7 Å². The maximum absolute atomic E-state index is 12.7. The fourth-order valence-corrected chi connectivity index (χ4v) is 3.05. The highest BCUT2D eigenvalue weighted by molar-refractivity contribution is 6.35. The highest BCUT2D eigenvalue weighted by Crippen LogP contribution is 2.13. The summed E-state index contributed by atoms with van der Waals surface area (Å²) in [6, 6.07) is 11.2. The van der Waals surface area contributed by atoms with Crippen molar-refractivity contribution in [3.63, 3.8) is 0 Å². The van der Waals surface area contributed by atoms with Gasteiger partial charge in [-0.2, -0.15) is 0 Å². The molecular formula is C20H24N4O3. The maximum Gasteiger partial charge on any atom is 0.312 e. The molecule has 7 heteroatoms. The second-order valence-electron chi connectivity index (χ2n) is 6.85. The summed E-state index contributed by atoms with van der Waals surface area (Å²) in [7, 11) is 0. The Morgan fingerprint density at radius 2 is 1.44 bits per heavy atom. The Labute approximate surface area is 158 Å². The lowest BCUT2D eigenvalue weighted by Crippen LogP contribution is -2.54. The summed E-state index contributed by atoms with van der Waals surface area (Å²) in [5, 5.41) is 2.60. The number of benzene rings is 1. The molecule has 1 fully saturated rings. The molecule has 1 aliphatic heterocycles. The Morgan fingerprint density at radius 1 is 0.889 bits per heavy atom.